The number of fused-ring (bicyclic) bond motifs is 7. The van der Waals surface area contributed by atoms with Crippen molar-refractivity contribution in [2.75, 3.05) is 0 Å². The van der Waals surface area contributed by atoms with E-state index in [9.17, 15) is 0 Å². The van der Waals surface area contributed by atoms with E-state index in [4.69, 9.17) is 15.0 Å². The zero-order chi connectivity index (χ0) is 33.0. The number of thiophene rings is 1. The number of hydrogen-bond acceptors (Lipinski definition) is 4. The third-order valence-corrected chi connectivity index (χ3v) is 10.7. The Kier molecular flexibility index (Phi) is 6.64. The summed E-state index contributed by atoms with van der Waals surface area (Å²) >= 11 is 1.83. The second-order valence-electron chi connectivity index (χ2n) is 12.4. The number of para-hydroxylation sites is 2. The van der Waals surface area contributed by atoms with Gasteiger partial charge in [-0.15, -0.1) is 11.3 Å². The van der Waals surface area contributed by atoms with Crippen molar-refractivity contribution in [3.05, 3.63) is 170 Å². The summed E-state index contributed by atoms with van der Waals surface area (Å²) in [7, 11) is 0. The third kappa shape index (κ3) is 4.63. The van der Waals surface area contributed by atoms with Crippen LogP contribution < -0.4 is 0 Å². The standard InChI is InChI=1S/C45H28N4S/c1-4-14-29(15-5-1)31-18-12-19-32(28-31)44-46-43(30-16-6-2-7-17-30)47-45(48-44)37-24-13-23-34-35-26-27-39-40(42(35)50-41(34)37)36-22-10-11-25-38(36)49(39)33-20-8-3-9-21-33/h1-28H. The third-order valence-electron chi connectivity index (χ3n) is 9.45. The molecular weight excluding hydrogens is 629 g/mol. The van der Waals surface area contributed by atoms with Crippen LogP contribution in [-0.4, -0.2) is 19.5 Å². The van der Waals surface area contributed by atoms with Gasteiger partial charge in [0.2, 0.25) is 0 Å². The summed E-state index contributed by atoms with van der Waals surface area (Å²) in [6, 6.07) is 59.5. The maximum Gasteiger partial charge on any atom is 0.165 e. The normalized spacial score (nSPS) is 11.6. The van der Waals surface area contributed by atoms with Crippen LogP contribution in [0.2, 0.25) is 0 Å². The first-order valence-corrected chi connectivity index (χ1v) is 17.5. The van der Waals surface area contributed by atoms with E-state index >= 15 is 0 Å². The molecule has 0 radical (unpaired) electrons. The molecule has 50 heavy (non-hydrogen) atoms. The van der Waals surface area contributed by atoms with Gasteiger partial charge in [0.25, 0.3) is 0 Å². The van der Waals surface area contributed by atoms with Crippen LogP contribution in [0.3, 0.4) is 0 Å². The van der Waals surface area contributed by atoms with E-state index in [-0.39, 0.29) is 0 Å². The van der Waals surface area contributed by atoms with Gasteiger partial charge in [0, 0.05) is 53.3 Å². The van der Waals surface area contributed by atoms with Gasteiger partial charge in [-0.05, 0) is 47.5 Å². The van der Waals surface area contributed by atoms with Crippen LogP contribution in [0, 0.1) is 0 Å². The Morgan fingerprint density at radius 2 is 0.960 bits per heavy atom. The molecule has 234 valence electrons. The Bertz CT molecular complexity index is 2860. The number of benzene rings is 7. The largest absolute Gasteiger partial charge is 0.309 e. The minimum Gasteiger partial charge on any atom is -0.309 e. The van der Waals surface area contributed by atoms with Crippen molar-refractivity contribution in [1.82, 2.24) is 19.5 Å². The average Bonchev–Trinajstić information content (AvgIpc) is 3.75. The first kappa shape index (κ1) is 28.6. The molecule has 0 aliphatic rings. The predicted molar refractivity (Wildman–Crippen MR) is 209 cm³/mol. The highest BCUT2D eigenvalue weighted by Crippen LogP contribution is 2.45. The van der Waals surface area contributed by atoms with E-state index in [0.29, 0.717) is 17.5 Å². The quantitative estimate of drug-likeness (QED) is 0.185. The van der Waals surface area contributed by atoms with Crippen molar-refractivity contribution in [2.45, 2.75) is 0 Å². The molecule has 0 bridgehead atoms. The highest BCUT2D eigenvalue weighted by molar-refractivity contribution is 7.27. The first-order valence-electron chi connectivity index (χ1n) is 16.7. The summed E-state index contributed by atoms with van der Waals surface area (Å²) in [6.07, 6.45) is 0. The Balaban J connectivity index is 1.22. The molecule has 0 spiro atoms. The zero-order valence-electron chi connectivity index (χ0n) is 26.9. The van der Waals surface area contributed by atoms with Crippen molar-refractivity contribution in [3.8, 4) is 51.0 Å². The fourth-order valence-electron chi connectivity index (χ4n) is 7.15. The van der Waals surface area contributed by atoms with Crippen LogP contribution in [-0.2, 0) is 0 Å². The van der Waals surface area contributed by atoms with E-state index in [1.165, 1.54) is 42.0 Å². The fraction of sp³-hybridized carbons (Fsp3) is 0. The molecule has 0 saturated carbocycles. The predicted octanol–water partition coefficient (Wildman–Crippen LogP) is 12.0. The number of hydrogen-bond donors (Lipinski definition) is 0. The van der Waals surface area contributed by atoms with Crippen LogP contribution in [0.4, 0.5) is 0 Å². The molecule has 0 saturated heterocycles. The van der Waals surface area contributed by atoms with E-state index in [1.54, 1.807) is 0 Å². The minimum absolute atomic E-state index is 0.651. The highest BCUT2D eigenvalue weighted by Gasteiger charge is 2.20. The maximum atomic E-state index is 5.19. The van der Waals surface area contributed by atoms with E-state index in [1.807, 2.05) is 35.6 Å². The van der Waals surface area contributed by atoms with Gasteiger partial charge in [0.1, 0.15) is 0 Å². The second kappa shape index (κ2) is 11.6. The van der Waals surface area contributed by atoms with Crippen LogP contribution >= 0.6 is 11.3 Å². The first-order chi connectivity index (χ1) is 24.8. The fourth-order valence-corrected chi connectivity index (χ4v) is 8.52. The number of nitrogens with zero attached hydrogens (tertiary/aromatic N) is 4. The molecule has 0 aliphatic carbocycles. The molecule has 0 amide bonds. The van der Waals surface area contributed by atoms with Gasteiger partial charge in [0.15, 0.2) is 17.5 Å². The van der Waals surface area contributed by atoms with Crippen molar-refractivity contribution in [1.29, 1.82) is 0 Å². The van der Waals surface area contributed by atoms with Crippen molar-refractivity contribution in [3.63, 3.8) is 0 Å². The summed E-state index contributed by atoms with van der Waals surface area (Å²) in [5.74, 6) is 1.97. The van der Waals surface area contributed by atoms with Gasteiger partial charge >= 0.3 is 0 Å². The van der Waals surface area contributed by atoms with Crippen LogP contribution in [0.25, 0.3) is 93.0 Å². The molecule has 5 heteroatoms. The molecule has 10 aromatic rings. The Morgan fingerprint density at radius 1 is 0.380 bits per heavy atom. The Labute approximate surface area is 292 Å². The van der Waals surface area contributed by atoms with Gasteiger partial charge in [-0.3, -0.25) is 0 Å². The molecule has 0 atom stereocenters. The van der Waals surface area contributed by atoms with Crippen LogP contribution in [0.15, 0.2) is 170 Å². The topological polar surface area (TPSA) is 43.6 Å². The van der Waals surface area contributed by atoms with Crippen LogP contribution in [0.5, 0.6) is 0 Å². The molecule has 0 fully saturated rings. The van der Waals surface area contributed by atoms with E-state index in [0.717, 1.165) is 33.5 Å². The lowest BCUT2D eigenvalue weighted by Gasteiger charge is -2.10. The molecule has 7 aromatic carbocycles. The van der Waals surface area contributed by atoms with Gasteiger partial charge in [-0.1, -0.05) is 133 Å². The summed E-state index contributed by atoms with van der Waals surface area (Å²) in [6.45, 7) is 0. The molecule has 3 heterocycles. The van der Waals surface area contributed by atoms with Gasteiger partial charge in [-0.2, -0.15) is 0 Å². The lowest BCUT2D eigenvalue weighted by atomic mass is 10.0. The number of aromatic nitrogens is 4. The SMILES string of the molecule is c1ccc(-c2cccc(-c3nc(-c4ccccc4)nc(-c4cccc5c4sc4c5ccc5c4c4ccccc4n5-c4ccccc4)n3)c2)cc1. The van der Waals surface area contributed by atoms with Gasteiger partial charge < -0.3 is 4.57 Å². The van der Waals surface area contributed by atoms with E-state index < -0.39 is 0 Å². The lowest BCUT2D eigenvalue weighted by molar-refractivity contribution is 1.08. The Morgan fingerprint density at radius 3 is 1.76 bits per heavy atom. The molecule has 10 rings (SSSR count). The maximum absolute atomic E-state index is 5.19. The Hall–Kier alpha value is -6.43. The van der Waals surface area contributed by atoms with E-state index in [2.05, 4.69) is 150 Å². The summed E-state index contributed by atoms with van der Waals surface area (Å²) in [5, 5.41) is 4.96. The second-order valence-corrected chi connectivity index (χ2v) is 13.4. The molecule has 3 aromatic heterocycles. The molecule has 0 N–H and O–H groups in total. The van der Waals surface area contributed by atoms with Crippen molar-refractivity contribution >= 4 is 53.3 Å². The molecular formula is C45H28N4S. The summed E-state index contributed by atoms with van der Waals surface area (Å²) in [4.78, 5) is 15.4. The smallest absolute Gasteiger partial charge is 0.165 e. The minimum atomic E-state index is 0.651. The average molecular weight is 657 g/mol. The highest BCUT2D eigenvalue weighted by atomic mass is 32.1. The zero-order valence-corrected chi connectivity index (χ0v) is 27.7. The van der Waals surface area contributed by atoms with Crippen LogP contribution in [0.1, 0.15) is 0 Å². The van der Waals surface area contributed by atoms with Crippen molar-refractivity contribution < 1.29 is 0 Å². The summed E-state index contributed by atoms with van der Waals surface area (Å²) in [5.41, 5.74) is 8.74. The molecule has 4 nitrogen and oxygen atoms in total. The number of rotatable bonds is 5. The van der Waals surface area contributed by atoms with Crippen molar-refractivity contribution in [2.24, 2.45) is 0 Å². The summed E-state index contributed by atoms with van der Waals surface area (Å²) < 4.78 is 4.81. The lowest BCUT2D eigenvalue weighted by Crippen LogP contribution is -2.00. The van der Waals surface area contributed by atoms with Gasteiger partial charge in [-0.25, -0.2) is 15.0 Å². The van der Waals surface area contributed by atoms with Gasteiger partial charge in [0.05, 0.1) is 11.0 Å². The molecule has 0 unspecified atom stereocenters. The monoisotopic (exact) mass is 656 g/mol. The molecule has 0 aliphatic heterocycles.